The highest BCUT2D eigenvalue weighted by atomic mass is 32.2. The van der Waals surface area contributed by atoms with Crippen molar-refractivity contribution in [3.8, 4) is 0 Å². The number of fused-ring (bicyclic) bond motifs is 1. The molecule has 0 aliphatic carbocycles. The van der Waals surface area contributed by atoms with Gasteiger partial charge in [-0.25, -0.2) is 17.7 Å². The van der Waals surface area contributed by atoms with Crippen LogP contribution < -0.4 is 0 Å². The molecule has 0 amide bonds. The van der Waals surface area contributed by atoms with Gasteiger partial charge >= 0.3 is 0 Å². The normalized spacial score (nSPS) is 15.3. The van der Waals surface area contributed by atoms with Crippen LogP contribution in [0.5, 0.6) is 0 Å². The van der Waals surface area contributed by atoms with Crippen molar-refractivity contribution in [2.45, 2.75) is 37.0 Å². The topological polar surface area (TPSA) is 58.4 Å². The van der Waals surface area contributed by atoms with Crippen LogP contribution in [0.2, 0.25) is 0 Å². The molecule has 0 radical (unpaired) electrons. The van der Waals surface area contributed by atoms with Gasteiger partial charge in [0.25, 0.3) is 0 Å². The van der Waals surface area contributed by atoms with Gasteiger partial charge in [-0.05, 0) is 38.0 Å². The van der Waals surface area contributed by atoms with Crippen LogP contribution in [-0.2, 0) is 22.3 Å². The van der Waals surface area contributed by atoms with Crippen molar-refractivity contribution in [2.24, 2.45) is 0 Å². The number of thioether (sulfide) groups is 1. The van der Waals surface area contributed by atoms with E-state index >= 15 is 0 Å². The summed E-state index contributed by atoms with van der Waals surface area (Å²) in [5, 5.41) is 0. The monoisotopic (exact) mass is 412 g/mol. The lowest BCUT2D eigenvalue weighted by Gasteiger charge is -2.17. The van der Waals surface area contributed by atoms with Gasteiger partial charge in [-0.2, -0.15) is 0 Å². The predicted octanol–water partition coefficient (Wildman–Crippen LogP) is 2.92. The molecule has 1 saturated heterocycles. The first-order valence-corrected chi connectivity index (χ1v) is 11.5. The number of thiocarbonyl (C=S) groups is 1. The lowest BCUT2D eigenvalue weighted by molar-refractivity contribution is 0.521. The van der Waals surface area contributed by atoms with E-state index < -0.39 is 10.0 Å². The zero-order valence-electron chi connectivity index (χ0n) is 15.3. The molecule has 2 heterocycles. The van der Waals surface area contributed by atoms with Gasteiger partial charge in [-0.15, -0.1) is 0 Å². The fraction of sp³-hybridized carbons (Fsp3) is 0.529. The van der Waals surface area contributed by atoms with Gasteiger partial charge < -0.3 is 9.47 Å². The summed E-state index contributed by atoms with van der Waals surface area (Å²) in [5.41, 5.74) is 1.66. The summed E-state index contributed by atoms with van der Waals surface area (Å²) in [7, 11) is -0.397. The molecule has 1 fully saturated rings. The van der Waals surface area contributed by atoms with E-state index in [0.717, 1.165) is 35.3 Å². The standard InChI is InChI=1S/C17H24N4O2S3/c1-4-21-15-8-7-13(26(22,23)19(2)3)11-14(15)18-16(21)12-25-17(24)20-9-5-6-10-20/h7-8,11H,4-6,9-10,12H2,1-3H3. The zero-order valence-corrected chi connectivity index (χ0v) is 17.8. The summed E-state index contributed by atoms with van der Waals surface area (Å²) in [5.74, 6) is 1.61. The van der Waals surface area contributed by atoms with Crippen molar-refractivity contribution in [2.75, 3.05) is 27.2 Å². The molecule has 6 nitrogen and oxygen atoms in total. The number of benzene rings is 1. The highest BCUT2D eigenvalue weighted by molar-refractivity contribution is 8.22. The van der Waals surface area contributed by atoms with E-state index in [2.05, 4.69) is 16.4 Å². The Balaban J connectivity index is 1.87. The maximum Gasteiger partial charge on any atom is 0.242 e. The second kappa shape index (κ2) is 7.84. The van der Waals surface area contributed by atoms with Crippen molar-refractivity contribution < 1.29 is 8.42 Å². The van der Waals surface area contributed by atoms with Gasteiger partial charge in [0.1, 0.15) is 10.1 Å². The minimum absolute atomic E-state index is 0.266. The van der Waals surface area contributed by atoms with Crippen LogP contribution in [-0.4, -0.2) is 58.7 Å². The summed E-state index contributed by atoms with van der Waals surface area (Å²) in [4.78, 5) is 7.21. The lowest BCUT2D eigenvalue weighted by Crippen LogP contribution is -2.23. The molecule has 9 heteroatoms. The summed E-state index contributed by atoms with van der Waals surface area (Å²) < 4.78 is 29.0. The lowest BCUT2D eigenvalue weighted by atomic mass is 10.3. The Labute approximate surface area is 164 Å². The van der Waals surface area contributed by atoms with Crippen LogP contribution in [0, 0.1) is 0 Å². The number of hydrogen-bond acceptors (Lipinski definition) is 5. The minimum Gasteiger partial charge on any atom is -0.358 e. The highest BCUT2D eigenvalue weighted by Crippen LogP contribution is 2.25. The SMILES string of the molecule is CCn1c(CSC(=S)N2CCCC2)nc2cc(S(=O)(=O)N(C)C)ccc21. The molecule has 0 saturated carbocycles. The molecule has 142 valence electrons. The molecule has 0 unspecified atom stereocenters. The van der Waals surface area contributed by atoms with E-state index in [-0.39, 0.29) is 4.90 Å². The van der Waals surface area contributed by atoms with Crippen molar-refractivity contribution in [3.05, 3.63) is 24.0 Å². The minimum atomic E-state index is -3.46. The number of sulfonamides is 1. The van der Waals surface area contributed by atoms with Crippen molar-refractivity contribution in [1.29, 1.82) is 0 Å². The number of aryl methyl sites for hydroxylation is 1. The Hall–Kier alpha value is -1.16. The zero-order chi connectivity index (χ0) is 18.9. The number of hydrogen-bond donors (Lipinski definition) is 0. The van der Waals surface area contributed by atoms with Gasteiger partial charge in [0, 0.05) is 33.7 Å². The van der Waals surface area contributed by atoms with Gasteiger partial charge in [0.2, 0.25) is 10.0 Å². The molecule has 3 rings (SSSR count). The summed E-state index contributed by atoms with van der Waals surface area (Å²) in [6, 6.07) is 5.15. The average molecular weight is 413 g/mol. The number of nitrogens with zero attached hydrogens (tertiary/aromatic N) is 4. The third kappa shape index (κ3) is 3.76. The largest absolute Gasteiger partial charge is 0.358 e. The van der Waals surface area contributed by atoms with Gasteiger partial charge in [-0.3, -0.25) is 0 Å². The van der Waals surface area contributed by atoms with E-state index in [9.17, 15) is 8.42 Å². The first kappa shape index (κ1) is 19.6. The maximum absolute atomic E-state index is 12.4. The van der Waals surface area contributed by atoms with Crippen molar-refractivity contribution in [1.82, 2.24) is 18.8 Å². The van der Waals surface area contributed by atoms with E-state index in [0.29, 0.717) is 11.3 Å². The first-order valence-electron chi connectivity index (χ1n) is 8.68. The maximum atomic E-state index is 12.4. The number of aromatic nitrogens is 2. The van der Waals surface area contributed by atoms with Crippen LogP contribution >= 0.6 is 24.0 Å². The van der Waals surface area contributed by atoms with Gasteiger partial charge in [0.05, 0.1) is 21.7 Å². The molecule has 1 aromatic heterocycles. The molecule has 1 aromatic carbocycles. The molecule has 1 aliphatic rings. The number of rotatable bonds is 5. The summed E-state index contributed by atoms with van der Waals surface area (Å²) >= 11 is 7.17. The quantitative estimate of drug-likeness (QED) is 0.704. The molecule has 26 heavy (non-hydrogen) atoms. The van der Waals surface area contributed by atoms with E-state index in [1.807, 2.05) is 6.07 Å². The van der Waals surface area contributed by atoms with Crippen molar-refractivity contribution >= 4 is 49.4 Å². The van der Waals surface area contributed by atoms with E-state index in [4.69, 9.17) is 17.2 Å². The fourth-order valence-electron chi connectivity index (χ4n) is 3.11. The van der Waals surface area contributed by atoms with E-state index in [1.165, 1.54) is 31.2 Å². The second-order valence-electron chi connectivity index (χ2n) is 6.46. The second-order valence-corrected chi connectivity index (χ2v) is 10.2. The van der Waals surface area contributed by atoms with Gasteiger partial charge in [0.15, 0.2) is 0 Å². The Kier molecular flexibility index (Phi) is 5.91. The molecule has 0 bridgehead atoms. The summed E-state index contributed by atoms with van der Waals surface area (Å²) in [6.45, 7) is 4.94. The Bertz CT molecular complexity index is 915. The number of imidazole rings is 1. The van der Waals surface area contributed by atoms with Gasteiger partial charge in [-0.1, -0.05) is 24.0 Å². The fourth-order valence-corrected chi connectivity index (χ4v) is 5.23. The molecule has 2 aromatic rings. The van der Waals surface area contributed by atoms with Crippen LogP contribution in [0.15, 0.2) is 23.1 Å². The van der Waals surface area contributed by atoms with Crippen LogP contribution in [0.4, 0.5) is 0 Å². The smallest absolute Gasteiger partial charge is 0.242 e. The first-order chi connectivity index (χ1) is 12.3. The Morgan fingerprint density at radius 2 is 2.00 bits per heavy atom. The van der Waals surface area contributed by atoms with Crippen molar-refractivity contribution in [3.63, 3.8) is 0 Å². The Morgan fingerprint density at radius 1 is 1.31 bits per heavy atom. The molecule has 1 aliphatic heterocycles. The van der Waals surface area contributed by atoms with E-state index in [1.54, 1.807) is 23.9 Å². The van der Waals surface area contributed by atoms with Crippen LogP contribution in [0.3, 0.4) is 0 Å². The van der Waals surface area contributed by atoms with Crippen LogP contribution in [0.1, 0.15) is 25.6 Å². The predicted molar refractivity (Wildman–Crippen MR) is 111 cm³/mol. The molecular formula is C17H24N4O2S3. The van der Waals surface area contributed by atoms with Crippen LogP contribution in [0.25, 0.3) is 11.0 Å². The molecule has 0 atom stereocenters. The molecule has 0 N–H and O–H groups in total. The molecular weight excluding hydrogens is 388 g/mol. The number of likely N-dealkylation sites (tertiary alicyclic amines) is 1. The molecule has 0 spiro atoms. The summed E-state index contributed by atoms with van der Waals surface area (Å²) in [6.07, 6.45) is 2.41. The highest BCUT2D eigenvalue weighted by Gasteiger charge is 2.20. The Morgan fingerprint density at radius 3 is 2.62 bits per heavy atom. The third-order valence-electron chi connectivity index (χ3n) is 4.58. The average Bonchev–Trinajstić information content (AvgIpc) is 3.26. The third-order valence-corrected chi connectivity index (χ3v) is 7.91.